The number of alkyl halides is 3. The van der Waals surface area contributed by atoms with Crippen molar-refractivity contribution in [1.29, 1.82) is 0 Å². The maximum absolute atomic E-state index is 12.4. The van der Waals surface area contributed by atoms with Crippen molar-refractivity contribution in [2.24, 2.45) is 10.4 Å². The zero-order chi connectivity index (χ0) is 19.8. The summed E-state index contributed by atoms with van der Waals surface area (Å²) in [5.41, 5.74) is 0.334. The highest BCUT2D eigenvalue weighted by Crippen LogP contribution is 2.31. The maximum atomic E-state index is 12.4. The minimum absolute atomic E-state index is 0. The van der Waals surface area contributed by atoms with E-state index in [1.165, 1.54) is 6.20 Å². The summed E-state index contributed by atoms with van der Waals surface area (Å²) in [6, 6.07) is 3.26. The maximum Gasteiger partial charge on any atom is 0.422 e. The van der Waals surface area contributed by atoms with Gasteiger partial charge in [-0.2, -0.15) is 13.2 Å². The highest BCUT2D eigenvalue weighted by Gasteiger charge is 2.34. The predicted molar refractivity (Wildman–Crippen MR) is 109 cm³/mol. The summed E-state index contributed by atoms with van der Waals surface area (Å²) in [6.07, 6.45) is -1.59. The Morgan fingerprint density at radius 1 is 1.43 bits per heavy atom. The van der Waals surface area contributed by atoms with Crippen molar-refractivity contribution >= 4 is 29.9 Å². The number of aliphatic hydroxyl groups excluding tert-OH is 1. The van der Waals surface area contributed by atoms with Gasteiger partial charge in [0.25, 0.3) is 0 Å². The monoisotopic (exact) mass is 518 g/mol. The molecule has 1 unspecified atom stereocenters. The molecule has 1 fully saturated rings. The van der Waals surface area contributed by atoms with Gasteiger partial charge in [0, 0.05) is 50.5 Å². The lowest BCUT2D eigenvalue weighted by molar-refractivity contribution is -0.154. The van der Waals surface area contributed by atoms with E-state index in [0.717, 1.165) is 6.42 Å². The van der Waals surface area contributed by atoms with Crippen LogP contribution >= 0.6 is 24.0 Å². The van der Waals surface area contributed by atoms with Crippen LogP contribution in [0.15, 0.2) is 23.3 Å². The minimum atomic E-state index is -4.43. The van der Waals surface area contributed by atoms with Crippen LogP contribution in [0.1, 0.15) is 18.4 Å². The van der Waals surface area contributed by atoms with Crippen LogP contribution in [0.4, 0.5) is 13.2 Å². The van der Waals surface area contributed by atoms with E-state index in [9.17, 15) is 18.3 Å². The number of ether oxygens (including phenoxy) is 2. The fraction of sp³-hybridized carbons (Fsp3) is 0.647. The number of aliphatic hydroxyl groups is 1. The van der Waals surface area contributed by atoms with Gasteiger partial charge in [-0.05, 0) is 18.9 Å². The SMILES string of the molecule is CN=C(NCc1cccnc1OCC(F)(F)F)NCC1(CCO)CCOC1.I. The molecule has 1 atom stereocenters. The minimum Gasteiger partial charge on any atom is -0.468 e. The average Bonchev–Trinajstić information content (AvgIpc) is 3.09. The Labute approximate surface area is 179 Å². The van der Waals surface area contributed by atoms with Crippen molar-refractivity contribution in [3.63, 3.8) is 0 Å². The topological polar surface area (TPSA) is 88.0 Å². The molecule has 0 saturated carbocycles. The largest absolute Gasteiger partial charge is 0.468 e. The quantitative estimate of drug-likeness (QED) is 0.278. The average molecular weight is 518 g/mol. The highest BCUT2D eigenvalue weighted by atomic mass is 127. The third-order valence-corrected chi connectivity index (χ3v) is 4.35. The number of nitrogens with zero attached hydrogens (tertiary/aromatic N) is 2. The Bertz CT molecular complexity index is 626. The van der Waals surface area contributed by atoms with Crippen LogP contribution in [0.3, 0.4) is 0 Å². The Balaban J connectivity index is 0.00000392. The second kappa shape index (κ2) is 11.6. The number of guanidine groups is 1. The van der Waals surface area contributed by atoms with Gasteiger partial charge in [0.1, 0.15) is 0 Å². The van der Waals surface area contributed by atoms with E-state index in [2.05, 4.69) is 20.6 Å². The molecule has 1 aromatic rings. The van der Waals surface area contributed by atoms with Crippen LogP contribution in [0, 0.1) is 5.41 Å². The van der Waals surface area contributed by atoms with E-state index in [0.29, 0.717) is 37.7 Å². The van der Waals surface area contributed by atoms with E-state index in [4.69, 9.17) is 9.47 Å². The van der Waals surface area contributed by atoms with E-state index < -0.39 is 12.8 Å². The molecule has 2 rings (SSSR count). The van der Waals surface area contributed by atoms with Gasteiger partial charge in [-0.1, -0.05) is 6.07 Å². The molecule has 0 radical (unpaired) electrons. The number of hydrogen-bond donors (Lipinski definition) is 3. The number of pyridine rings is 1. The molecular formula is C17H26F3IN4O3. The summed E-state index contributed by atoms with van der Waals surface area (Å²) in [5.74, 6) is 0.420. The van der Waals surface area contributed by atoms with E-state index in [-0.39, 0.29) is 48.4 Å². The molecule has 0 aliphatic carbocycles. The molecule has 28 heavy (non-hydrogen) atoms. The number of nitrogens with one attached hydrogen (secondary N) is 2. The number of aromatic nitrogens is 1. The summed E-state index contributed by atoms with van der Waals surface area (Å²) < 4.78 is 47.3. The third-order valence-electron chi connectivity index (χ3n) is 4.35. The van der Waals surface area contributed by atoms with Crippen molar-refractivity contribution in [2.75, 3.05) is 40.0 Å². The molecule has 11 heteroatoms. The van der Waals surface area contributed by atoms with Crippen LogP contribution in [0.2, 0.25) is 0 Å². The van der Waals surface area contributed by atoms with Gasteiger partial charge >= 0.3 is 6.18 Å². The predicted octanol–water partition coefficient (Wildman–Crippen LogP) is 2.09. The highest BCUT2D eigenvalue weighted by molar-refractivity contribution is 14.0. The van der Waals surface area contributed by atoms with Crippen LogP contribution in [0.25, 0.3) is 0 Å². The molecule has 7 nitrogen and oxygen atoms in total. The number of hydrogen-bond acceptors (Lipinski definition) is 5. The fourth-order valence-corrected chi connectivity index (χ4v) is 2.82. The van der Waals surface area contributed by atoms with Gasteiger partial charge in [-0.25, -0.2) is 4.98 Å². The summed E-state index contributed by atoms with van der Waals surface area (Å²) in [6.45, 7) is 0.668. The Hall–Kier alpha value is -1.34. The van der Waals surface area contributed by atoms with Crippen molar-refractivity contribution in [2.45, 2.75) is 25.6 Å². The first-order valence-electron chi connectivity index (χ1n) is 8.64. The molecule has 0 amide bonds. The zero-order valence-electron chi connectivity index (χ0n) is 15.6. The van der Waals surface area contributed by atoms with Crippen molar-refractivity contribution in [1.82, 2.24) is 15.6 Å². The molecule has 0 spiro atoms. The summed E-state index contributed by atoms with van der Waals surface area (Å²) >= 11 is 0. The van der Waals surface area contributed by atoms with E-state index >= 15 is 0 Å². The van der Waals surface area contributed by atoms with Gasteiger partial charge in [-0.3, -0.25) is 4.99 Å². The Morgan fingerprint density at radius 3 is 2.82 bits per heavy atom. The fourth-order valence-electron chi connectivity index (χ4n) is 2.82. The van der Waals surface area contributed by atoms with E-state index in [1.54, 1.807) is 19.2 Å². The van der Waals surface area contributed by atoms with Gasteiger partial charge in [0.2, 0.25) is 5.88 Å². The molecule has 0 bridgehead atoms. The molecule has 160 valence electrons. The van der Waals surface area contributed by atoms with Gasteiger partial charge in [-0.15, -0.1) is 24.0 Å². The van der Waals surface area contributed by atoms with Crippen molar-refractivity contribution in [3.8, 4) is 5.88 Å². The summed E-state index contributed by atoms with van der Waals surface area (Å²) in [7, 11) is 1.60. The first-order chi connectivity index (χ1) is 12.9. The smallest absolute Gasteiger partial charge is 0.422 e. The molecule has 2 heterocycles. The van der Waals surface area contributed by atoms with Gasteiger partial charge < -0.3 is 25.2 Å². The zero-order valence-corrected chi connectivity index (χ0v) is 17.9. The lowest BCUT2D eigenvalue weighted by atomic mass is 9.84. The molecule has 1 aromatic heterocycles. The van der Waals surface area contributed by atoms with Crippen LogP contribution in [-0.4, -0.2) is 62.2 Å². The molecule has 1 saturated heterocycles. The Kier molecular flexibility index (Phi) is 10.2. The molecule has 1 aliphatic heterocycles. The molecular weight excluding hydrogens is 492 g/mol. The second-order valence-corrected chi connectivity index (χ2v) is 6.43. The molecule has 0 aromatic carbocycles. The number of halogens is 4. The third kappa shape index (κ3) is 7.95. The molecule has 1 aliphatic rings. The summed E-state index contributed by atoms with van der Waals surface area (Å²) in [4.78, 5) is 7.98. The van der Waals surface area contributed by atoms with Crippen molar-refractivity contribution in [3.05, 3.63) is 23.9 Å². The van der Waals surface area contributed by atoms with Crippen LogP contribution in [0.5, 0.6) is 5.88 Å². The second-order valence-electron chi connectivity index (χ2n) is 6.43. The number of rotatable bonds is 8. The standard InChI is InChI=1S/C17H25F3N4O3.HI/c1-21-15(24-10-16(4-7-25)5-8-26-11-16)23-9-13-3-2-6-22-14(13)27-12-17(18,19)20;/h2-3,6,25H,4-5,7-12H2,1H3,(H2,21,23,24);1H. The van der Waals surface area contributed by atoms with Gasteiger partial charge in [0.05, 0.1) is 6.61 Å². The van der Waals surface area contributed by atoms with Crippen LogP contribution in [-0.2, 0) is 11.3 Å². The number of aliphatic imine (C=N–C) groups is 1. The van der Waals surface area contributed by atoms with E-state index in [1.807, 2.05) is 0 Å². The first kappa shape index (κ1) is 24.7. The Morgan fingerprint density at radius 2 is 2.21 bits per heavy atom. The van der Waals surface area contributed by atoms with Gasteiger partial charge in [0.15, 0.2) is 12.6 Å². The lowest BCUT2D eigenvalue weighted by Gasteiger charge is -2.27. The van der Waals surface area contributed by atoms with Crippen molar-refractivity contribution < 1.29 is 27.8 Å². The summed E-state index contributed by atoms with van der Waals surface area (Å²) in [5, 5.41) is 15.5. The lowest BCUT2D eigenvalue weighted by Crippen LogP contribution is -2.44. The normalized spacial score (nSPS) is 19.8. The first-order valence-corrected chi connectivity index (χ1v) is 8.64. The molecule has 3 N–H and O–H groups in total. The van der Waals surface area contributed by atoms with Crippen LogP contribution < -0.4 is 15.4 Å².